The van der Waals surface area contributed by atoms with Crippen molar-refractivity contribution in [3.63, 3.8) is 0 Å². The van der Waals surface area contributed by atoms with Gasteiger partial charge in [-0.05, 0) is 41.1 Å². The lowest BCUT2D eigenvalue weighted by molar-refractivity contribution is 0.577. The van der Waals surface area contributed by atoms with E-state index < -0.39 is 15.8 Å². The number of rotatable bonds is 4. The molecule has 0 bridgehead atoms. The van der Waals surface area contributed by atoms with Gasteiger partial charge >= 0.3 is 0 Å². The minimum Gasteiger partial charge on any atom is -0.250 e. The van der Waals surface area contributed by atoms with Crippen LogP contribution in [0.2, 0.25) is 0 Å². The smallest absolute Gasteiger partial charge is 0.241 e. The predicted octanol–water partition coefficient (Wildman–Crippen LogP) is 2.83. The third kappa shape index (κ3) is 3.59. The molecule has 8 heteroatoms. The second-order valence-electron chi connectivity index (χ2n) is 3.75. The van der Waals surface area contributed by atoms with Crippen molar-refractivity contribution in [1.82, 2.24) is 9.71 Å². The Morgan fingerprint density at radius 3 is 2.79 bits per heavy atom. The number of hydrogen-bond donors (Lipinski definition) is 1. The number of thiazole rings is 1. The Balaban J connectivity index is 2.16. The second kappa shape index (κ2) is 5.66. The first-order valence-corrected chi connectivity index (χ1v) is 8.34. The van der Waals surface area contributed by atoms with Crippen LogP contribution < -0.4 is 4.72 Å². The molecule has 1 aromatic carbocycles. The average molecular weight is 365 g/mol. The standard InChI is InChI=1S/C11H10BrFN2O2S2/c1-7-14-5-8(18-7)6-15-19(16,17)9-2-3-10(12)11(13)4-9/h2-5,15H,6H2,1H3. The minimum absolute atomic E-state index is 0.102. The molecule has 0 aliphatic rings. The van der Waals surface area contributed by atoms with E-state index in [1.165, 1.54) is 23.5 Å². The van der Waals surface area contributed by atoms with Gasteiger partial charge in [0.15, 0.2) is 0 Å². The molecule has 0 saturated carbocycles. The number of benzene rings is 1. The van der Waals surface area contributed by atoms with Gasteiger partial charge in [0, 0.05) is 17.6 Å². The van der Waals surface area contributed by atoms with E-state index in [4.69, 9.17) is 0 Å². The number of nitrogens with one attached hydrogen (secondary N) is 1. The summed E-state index contributed by atoms with van der Waals surface area (Å²) >= 11 is 4.39. The number of aryl methyl sites for hydroxylation is 1. The maximum Gasteiger partial charge on any atom is 0.241 e. The molecule has 102 valence electrons. The van der Waals surface area contributed by atoms with Crippen molar-refractivity contribution in [3.05, 3.63) is 44.6 Å². The van der Waals surface area contributed by atoms with E-state index in [0.717, 1.165) is 16.0 Å². The van der Waals surface area contributed by atoms with Gasteiger partial charge in [0.25, 0.3) is 0 Å². The zero-order valence-electron chi connectivity index (χ0n) is 9.85. The van der Waals surface area contributed by atoms with Crippen LogP contribution in [0.1, 0.15) is 9.88 Å². The van der Waals surface area contributed by atoms with Gasteiger partial charge in [0.2, 0.25) is 10.0 Å². The van der Waals surface area contributed by atoms with Crippen LogP contribution in [0.5, 0.6) is 0 Å². The highest BCUT2D eigenvalue weighted by Crippen LogP contribution is 2.20. The average Bonchev–Trinajstić information content (AvgIpc) is 2.76. The molecule has 1 heterocycles. The number of halogens is 2. The van der Waals surface area contributed by atoms with Crippen LogP contribution in [0.4, 0.5) is 4.39 Å². The Kier molecular flexibility index (Phi) is 4.34. The minimum atomic E-state index is -3.72. The summed E-state index contributed by atoms with van der Waals surface area (Å²) in [6, 6.07) is 3.68. The Labute approximate surface area is 122 Å². The molecule has 0 saturated heterocycles. The summed E-state index contributed by atoms with van der Waals surface area (Å²) in [7, 11) is -3.72. The number of hydrogen-bond acceptors (Lipinski definition) is 4. The highest BCUT2D eigenvalue weighted by atomic mass is 79.9. The highest BCUT2D eigenvalue weighted by molar-refractivity contribution is 9.10. The Hall–Kier alpha value is -0.830. The molecule has 1 aromatic heterocycles. The molecule has 0 radical (unpaired) electrons. The largest absolute Gasteiger partial charge is 0.250 e. The normalized spacial score (nSPS) is 11.7. The van der Waals surface area contributed by atoms with Gasteiger partial charge in [0.1, 0.15) is 5.82 Å². The quantitative estimate of drug-likeness (QED) is 0.907. The Bertz CT molecular complexity index is 700. The van der Waals surface area contributed by atoms with E-state index in [1.807, 2.05) is 6.92 Å². The lowest BCUT2D eigenvalue weighted by Gasteiger charge is -2.06. The summed E-state index contributed by atoms with van der Waals surface area (Å²) in [6.45, 7) is 1.98. The maximum atomic E-state index is 13.3. The third-order valence-electron chi connectivity index (χ3n) is 2.31. The fourth-order valence-corrected chi connectivity index (χ4v) is 3.47. The zero-order chi connectivity index (χ0) is 14.0. The number of nitrogens with zero attached hydrogens (tertiary/aromatic N) is 1. The number of aromatic nitrogens is 1. The Morgan fingerprint density at radius 1 is 1.47 bits per heavy atom. The van der Waals surface area contributed by atoms with Gasteiger partial charge in [0.05, 0.1) is 14.4 Å². The second-order valence-corrected chi connectivity index (χ2v) is 7.69. The highest BCUT2D eigenvalue weighted by Gasteiger charge is 2.16. The van der Waals surface area contributed by atoms with E-state index in [9.17, 15) is 12.8 Å². The lowest BCUT2D eigenvalue weighted by atomic mass is 10.3. The summed E-state index contributed by atoms with van der Waals surface area (Å²) in [4.78, 5) is 4.74. The summed E-state index contributed by atoms with van der Waals surface area (Å²) in [5, 5.41) is 0.865. The number of sulfonamides is 1. The van der Waals surface area contributed by atoms with Gasteiger partial charge in [-0.2, -0.15) is 0 Å². The molecule has 4 nitrogen and oxygen atoms in total. The Morgan fingerprint density at radius 2 is 2.21 bits per heavy atom. The van der Waals surface area contributed by atoms with Gasteiger partial charge < -0.3 is 0 Å². The van der Waals surface area contributed by atoms with Crippen LogP contribution in [0.15, 0.2) is 33.8 Å². The summed E-state index contributed by atoms with van der Waals surface area (Å²) in [5.41, 5.74) is 0. The van der Waals surface area contributed by atoms with Gasteiger partial charge in [-0.1, -0.05) is 0 Å². The summed E-state index contributed by atoms with van der Waals surface area (Å²) in [6.07, 6.45) is 1.62. The van der Waals surface area contributed by atoms with Gasteiger partial charge in [-0.3, -0.25) is 0 Å². The molecule has 0 aliphatic carbocycles. The van der Waals surface area contributed by atoms with E-state index in [2.05, 4.69) is 25.6 Å². The van der Waals surface area contributed by atoms with E-state index >= 15 is 0 Å². The maximum absolute atomic E-state index is 13.3. The third-order valence-corrected chi connectivity index (χ3v) is 5.26. The van der Waals surface area contributed by atoms with Crippen LogP contribution in [-0.2, 0) is 16.6 Å². The van der Waals surface area contributed by atoms with Crippen molar-refractivity contribution >= 4 is 37.3 Å². The first-order chi connectivity index (χ1) is 8.88. The van der Waals surface area contributed by atoms with E-state index in [0.29, 0.717) is 0 Å². The molecule has 0 aliphatic heterocycles. The molecule has 0 unspecified atom stereocenters. The molecule has 0 atom stereocenters. The molecule has 1 N–H and O–H groups in total. The first-order valence-electron chi connectivity index (χ1n) is 5.24. The molecule has 19 heavy (non-hydrogen) atoms. The molecule has 0 fully saturated rings. The molecule has 0 spiro atoms. The van der Waals surface area contributed by atoms with Crippen LogP contribution in [0, 0.1) is 12.7 Å². The van der Waals surface area contributed by atoms with Crippen molar-refractivity contribution in [3.8, 4) is 0 Å². The first kappa shape index (κ1) is 14.6. The topological polar surface area (TPSA) is 59.1 Å². The van der Waals surface area contributed by atoms with Gasteiger partial charge in [-0.25, -0.2) is 22.5 Å². The van der Waals surface area contributed by atoms with Crippen molar-refractivity contribution in [2.45, 2.75) is 18.4 Å². The summed E-state index contributed by atoms with van der Waals surface area (Å²) in [5.74, 6) is -0.614. The lowest BCUT2D eigenvalue weighted by Crippen LogP contribution is -2.22. The van der Waals surface area contributed by atoms with Crippen molar-refractivity contribution < 1.29 is 12.8 Å². The predicted molar refractivity (Wildman–Crippen MR) is 75.0 cm³/mol. The van der Waals surface area contributed by atoms with Crippen LogP contribution in [-0.4, -0.2) is 13.4 Å². The zero-order valence-corrected chi connectivity index (χ0v) is 13.1. The SMILES string of the molecule is Cc1ncc(CNS(=O)(=O)c2ccc(Br)c(F)c2)s1. The van der Waals surface area contributed by atoms with Crippen molar-refractivity contribution in [1.29, 1.82) is 0 Å². The van der Waals surface area contributed by atoms with Gasteiger partial charge in [-0.15, -0.1) is 11.3 Å². The summed E-state index contributed by atoms with van der Waals surface area (Å²) < 4.78 is 39.9. The van der Waals surface area contributed by atoms with Crippen molar-refractivity contribution in [2.75, 3.05) is 0 Å². The fourth-order valence-electron chi connectivity index (χ4n) is 1.38. The fraction of sp³-hybridized carbons (Fsp3) is 0.182. The van der Waals surface area contributed by atoms with Crippen LogP contribution in [0.3, 0.4) is 0 Å². The molecular formula is C11H10BrFN2O2S2. The van der Waals surface area contributed by atoms with E-state index in [1.54, 1.807) is 6.20 Å². The van der Waals surface area contributed by atoms with E-state index in [-0.39, 0.29) is 15.9 Å². The molecule has 2 aromatic rings. The molecule has 2 rings (SSSR count). The molecule has 0 amide bonds. The van der Waals surface area contributed by atoms with Crippen LogP contribution >= 0.6 is 27.3 Å². The van der Waals surface area contributed by atoms with Crippen LogP contribution in [0.25, 0.3) is 0 Å². The molecular weight excluding hydrogens is 355 g/mol. The van der Waals surface area contributed by atoms with Crippen molar-refractivity contribution in [2.24, 2.45) is 0 Å². The monoisotopic (exact) mass is 364 g/mol.